The summed E-state index contributed by atoms with van der Waals surface area (Å²) in [6.45, 7) is 3.37. The lowest BCUT2D eigenvalue weighted by molar-refractivity contribution is -0.274. The highest BCUT2D eigenvalue weighted by atomic mass is 79.9. The summed E-state index contributed by atoms with van der Waals surface area (Å²) in [5.41, 5.74) is 0.892. The normalized spacial score (nSPS) is 11.6. The fraction of sp³-hybridized carbons (Fsp3) is 0.400. The van der Waals surface area contributed by atoms with Crippen LogP contribution in [0.4, 0.5) is 13.2 Å². The van der Waals surface area contributed by atoms with Gasteiger partial charge in [-0.3, -0.25) is 0 Å². The van der Waals surface area contributed by atoms with E-state index >= 15 is 0 Å². The monoisotopic (exact) mass is 297 g/mol. The molecule has 1 rings (SSSR count). The van der Waals surface area contributed by atoms with Gasteiger partial charge < -0.3 is 10.1 Å². The summed E-state index contributed by atoms with van der Waals surface area (Å²) in [5.74, 6) is -0.229. The van der Waals surface area contributed by atoms with E-state index in [0.29, 0.717) is 11.0 Å². The number of benzene rings is 1. The molecule has 0 amide bonds. The molecule has 1 aromatic carbocycles. The van der Waals surface area contributed by atoms with Crippen molar-refractivity contribution in [3.63, 3.8) is 0 Å². The molecule has 0 atom stereocenters. The average Bonchev–Trinajstić information content (AvgIpc) is 2.17. The summed E-state index contributed by atoms with van der Waals surface area (Å²) in [6, 6.07) is 4.49. The summed E-state index contributed by atoms with van der Waals surface area (Å²) in [6.07, 6.45) is -4.66. The van der Waals surface area contributed by atoms with Crippen LogP contribution in [0.15, 0.2) is 22.7 Å². The number of hydrogen-bond acceptors (Lipinski definition) is 2. The number of nitrogens with one attached hydrogen (secondary N) is 1. The van der Waals surface area contributed by atoms with E-state index in [1.807, 2.05) is 6.92 Å². The second-order valence-electron chi connectivity index (χ2n) is 3.09. The Bertz CT molecular complexity index is 354. The number of hydrogen-bond donors (Lipinski definition) is 1. The van der Waals surface area contributed by atoms with Gasteiger partial charge in [-0.2, -0.15) is 0 Å². The van der Waals surface area contributed by atoms with Gasteiger partial charge in [-0.15, -0.1) is 13.2 Å². The van der Waals surface area contributed by atoms with Gasteiger partial charge in [0.2, 0.25) is 0 Å². The fourth-order valence-electron chi connectivity index (χ4n) is 1.13. The topological polar surface area (TPSA) is 21.3 Å². The molecule has 0 saturated carbocycles. The molecule has 2 nitrogen and oxygen atoms in total. The number of rotatable bonds is 4. The third-order valence-electron chi connectivity index (χ3n) is 1.80. The Morgan fingerprint density at radius 3 is 2.56 bits per heavy atom. The molecule has 0 heterocycles. The summed E-state index contributed by atoms with van der Waals surface area (Å²) >= 11 is 3.04. The molecule has 1 N–H and O–H groups in total. The van der Waals surface area contributed by atoms with E-state index in [1.165, 1.54) is 6.07 Å². The van der Waals surface area contributed by atoms with Crippen LogP contribution in [-0.2, 0) is 6.54 Å². The third kappa shape index (κ3) is 4.40. The predicted molar refractivity (Wildman–Crippen MR) is 58.2 cm³/mol. The zero-order valence-corrected chi connectivity index (χ0v) is 10.2. The smallest absolute Gasteiger partial charge is 0.405 e. The van der Waals surface area contributed by atoms with Gasteiger partial charge in [-0.1, -0.05) is 13.0 Å². The van der Waals surface area contributed by atoms with Crippen molar-refractivity contribution in [1.29, 1.82) is 0 Å². The second-order valence-corrected chi connectivity index (χ2v) is 3.95. The average molecular weight is 298 g/mol. The maximum Gasteiger partial charge on any atom is 0.573 e. The van der Waals surface area contributed by atoms with E-state index < -0.39 is 6.36 Å². The molecule has 6 heteroatoms. The summed E-state index contributed by atoms with van der Waals surface area (Å²) in [4.78, 5) is 0. The van der Waals surface area contributed by atoms with E-state index in [1.54, 1.807) is 12.1 Å². The fourth-order valence-corrected chi connectivity index (χ4v) is 1.64. The van der Waals surface area contributed by atoms with Crippen LogP contribution in [0.1, 0.15) is 12.5 Å². The van der Waals surface area contributed by atoms with Gasteiger partial charge in [0.05, 0.1) is 4.47 Å². The highest BCUT2D eigenvalue weighted by molar-refractivity contribution is 9.10. The first-order valence-corrected chi connectivity index (χ1v) is 5.46. The molecule has 1 aromatic rings. The molecule has 0 aliphatic carbocycles. The standard InChI is InChI=1S/C10H11BrF3NO/c1-2-15-6-7-3-4-9(8(11)5-7)16-10(12,13)14/h3-5,15H,2,6H2,1H3. The Balaban J connectivity index is 2.75. The summed E-state index contributed by atoms with van der Waals surface area (Å²) in [7, 11) is 0. The van der Waals surface area contributed by atoms with Crippen molar-refractivity contribution in [3.05, 3.63) is 28.2 Å². The van der Waals surface area contributed by atoms with E-state index in [-0.39, 0.29) is 5.75 Å². The highest BCUT2D eigenvalue weighted by Gasteiger charge is 2.31. The number of ether oxygens (including phenoxy) is 1. The van der Waals surface area contributed by atoms with E-state index in [9.17, 15) is 13.2 Å². The quantitative estimate of drug-likeness (QED) is 0.919. The molecule has 0 aromatic heterocycles. The molecule has 0 aliphatic rings. The van der Waals surface area contributed by atoms with Crippen molar-refractivity contribution in [2.24, 2.45) is 0 Å². The van der Waals surface area contributed by atoms with Crippen LogP contribution in [0.2, 0.25) is 0 Å². The van der Waals surface area contributed by atoms with E-state index in [2.05, 4.69) is 26.0 Å². The highest BCUT2D eigenvalue weighted by Crippen LogP contribution is 2.30. The van der Waals surface area contributed by atoms with Gasteiger partial charge in [0.15, 0.2) is 0 Å². The third-order valence-corrected chi connectivity index (χ3v) is 2.42. The molecule has 0 aliphatic heterocycles. The van der Waals surface area contributed by atoms with Crippen LogP contribution in [0.25, 0.3) is 0 Å². The first kappa shape index (κ1) is 13.3. The van der Waals surface area contributed by atoms with Crippen LogP contribution in [0, 0.1) is 0 Å². The zero-order valence-electron chi connectivity index (χ0n) is 8.57. The predicted octanol–water partition coefficient (Wildman–Crippen LogP) is 3.46. The van der Waals surface area contributed by atoms with Crippen LogP contribution in [0.5, 0.6) is 5.75 Å². The largest absolute Gasteiger partial charge is 0.573 e. The minimum atomic E-state index is -4.66. The van der Waals surface area contributed by atoms with Crippen LogP contribution in [-0.4, -0.2) is 12.9 Å². The van der Waals surface area contributed by atoms with Crippen LogP contribution in [0.3, 0.4) is 0 Å². The Morgan fingerprint density at radius 1 is 1.38 bits per heavy atom. The van der Waals surface area contributed by atoms with Crippen molar-refractivity contribution in [2.45, 2.75) is 19.8 Å². The molecule has 0 saturated heterocycles. The van der Waals surface area contributed by atoms with Gasteiger partial charge in [0.1, 0.15) is 5.75 Å². The number of halogens is 4. The van der Waals surface area contributed by atoms with Crippen molar-refractivity contribution in [2.75, 3.05) is 6.54 Å². The lowest BCUT2D eigenvalue weighted by Crippen LogP contribution is -2.17. The minimum Gasteiger partial charge on any atom is -0.405 e. The molecule has 0 radical (unpaired) electrons. The molecule has 0 spiro atoms. The second kappa shape index (κ2) is 5.54. The summed E-state index contributed by atoms with van der Waals surface area (Å²) in [5, 5.41) is 3.08. The molecule has 0 fully saturated rings. The Hall–Kier alpha value is -0.750. The van der Waals surface area contributed by atoms with Gasteiger partial charge in [0, 0.05) is 6.54 Å². The molecule has 0 bridgehead atoms. The van der Waals surface area contributed by atoms with E-state index in [4.69, 9.17) is 0 Å². The Morgan fingerprint density at radius 2 is 2.06 bits per heavy atom. The first-order chi connectivity index (χ1) is 7.42. The van der Waals surface area contributed by atoms with E-state index in [0.717, 1.165) is 12.1 Å². The van der Waals surface area contributed by atoms with Gasteiger partial charge in [-0.05, 0) is 40.2 Å². The van der Waals surface area contributed by atoms with Gasteiger partial charge in [0.25, 0.3) is 0 Å². The molecule has 16 heavy (non-hydrogen) atoms. The lowest BCUT2D eigenvalue weighted by Gasteiger charge is -2.11. The summed E-state index contributed by atoms with van der Waals surface area (Å²) < 4.78 is 40.0. The van der Waals surface area contributed by atoms with Crippen molar-refractivity contribution < 1.29 is 17.9 Å². The maximum atomic E-state index is 12.0. The Kier molecular flexibility index (Phi) is 4.61. The Labute approximate surface area is 99.9 Å². The van der Waals surface area contributed by atoms with Crippen LogP contribution >= 0.6 is 15.9 Å². The van der Waals surface area contributed by atoms with Crippen molar-refractivity contribution >= 4 is 15.9 Å². The maximum absolute atomic E-state index is 12.0. The SMILES string of the molecule is CCNCc1ccc(OC(F)(F)F)c(Br)c1. The molecule has 0 unspecified atom stereocenters. The van der Waals surface area contributed by atoms with Gasteiger partial charge in [-0.25, -0.2) is 0 Å². The lowest BCUT2D eigenvalue weighted by atomic mass is 10.2. The zero-order chi connectivity index (χ0) is 12.2. The first-order valence-electron chi connectivity index (χ1n) is 4.67. The van der Waals surface area contributed by atoms with Crippen molar-refractivity contribution in [1.82, 2.24) is 5.32 Å². The molecule has 90 valence electrons. The molecular formula is C10H11BrF3NO. The number of alkyl halides is 3. The van der Waals surface area contributed by atoms with Crippen molar-refractivity contribution in [3.8, 4) is 5.75 Å². The minimum absolute atomic E-state index is 0.229. The van der Waals surface area contributed by atoms with Crippen LogP contribution < -0.4 is 10.1 Å². The van der Waals surface area contributed by atoms with Gasteiger partial charge >= 0.3 is 6.36 Å². The molecular weight excluding hydrogens is 287 g/mol.